The maximum absolute atomic E-state index is 11.0. The molecule has 0 aliphatic rings. The van der Waals surface area contributed by atoms with Crippen molar-refractivity contribution in [3.8, 4) is 12.3 Å². The first kappa shape index (κ1) is 14.1. The number of rotatable bonds is 5. The van der Waals surface area contributed by atoms with E-state index in [1.54, 1.807) is 13.8 Å². The van der Waals surface area contributed by atoms with Crippen LogP contribution in [0.15, 0.2) is 6.20 Å². The fourth-order valence-corrected chi connectivity index (χ4v) is 1.74. The number of aromatic nitrogens is 1. The Morgan fingerprint density at radius 1 is 1.61 bits per heavy atom. The maximum atomic E-state index is 11.0. The van der Waals surface area contributed by atoms with Crippen LogP contribution in [-0.4, -0.2) is 15.9 Å². The molecule has 1 aromatic heterocycles. The van der Waals surface area contributed by atoms with E-state index in [0.29, 0.717) is 29.8 Å². The van der Waals surface area contributed by atoms with Crippen molar-refractivity contribution in [2.45, 2.75) is 39.8 Å². The third-order valence-corrected chi connectivity index (χ3v) is 2.80. The van der Waals surface area contributed by atoms with Gasteiger partial charge in [-0.1, -0.05) is 0 Å². The molecule has 5 nitrogen and oxygen atoms in total. The minimum Gasteiger partial charge on any atom is -0.308 e. The smallest absolute Gasteiger partial charge is 0.278 e. The lowest BCUT2D eigenvalue weighted by Crippen LogP contribution is -2.26. The average Bonchev–Trinajstić information content (AvgIpc) is 2.28. The highest BCUT2D eigenvalue weighted by Gasteiger charge is 2.18. The molecule has 96 valence electrons. The zero-order chi connectivity index (χ0) is 13.7. The van der Waals surface area contributed by atoms with E-state index < -0.39 is 0 Å². The second-order valence-electron chi connectivity index (χ2n) is 4.31. The van der Waals surface area contributed by atoms with Crippen molar-refractivity contribution >= 4 is 5.69 Å². The number of nitrogens with one attached hydrogen (secondary N) is 1. The summed E-state index contributed by atoms with van der Waals surface area (Å²) in [6, 6.07) is 0.163. The van der Waals surface area contributed by atoms with E-state index in [-0.39, 0.29) is 16.7 Å². The molecule has 0 radical (unpaired) electrons. The highest BCUT2D eigenvalue weighted by atomic mass is 16.6. The summed E-state index contributed by atoms with van der Waals surface area (Å²) in [5.74, 6) is 2.57. The van der Waals surface area contributed by atoms with E-state index in [1.807, 2.05) is 6.92 Å². The zero-order valence-electron chi connectivity index (χ0n) is 10.9. The molecular formula is C13H17N3O2. The van der Waals surface area contributed by atoms with Crippen LogP contribution >= 0.6 is 0 Å². The molecular weight excluding hydrogens is 230 g/mol. The van der Waals surface area contributed by atoms with E-state index in [4.69, 9.17) is 6.42 Å². The molecule has 0 saturated carbocycles. The lowest BCUT2D eigenvalue weighted by molar-refractivity contribution is -0.386. The Labute approximate surface area is 107 Å². The van der Waals surface area contributed by atoms with Crippen LogP contribution in [0.4, 0.5) is 5.69 Å². The van der Waals surface area contributed by atoms with Gasteiger partial charge in [-0.3, -0.25) is 15.1 Å². The molecule has 5 heteroatoms. The van der Waals surface area contributed by atoms with Crippen molar-refractivity contribution in [2.24, 2.45) is 0 Å². The molecule has 1 N–H and O–H groups in total. The Morgan fingerprint density at radius 2 is 2.28 bits per heavy atom. The summed E-state index contributed by atoms with van der Waals surface area (Å²) in [5, 5.41) is 14.2. The molecule has 1 rings (SSSR count). The molecule has 1 unspecified atom stereocenters. The fourth-order valence-electron chi connectivity index (χ4n) is 1.74. The topological polar surface area (TPSA) is 68.1 Å². The van der Waals surface area contributed by atoms with Gasteiger partial charge in [0.05, 0.1) is 10.6 Å². The summed E-state index contributed by atoms with van der Waals surface area (Å²) in [6.07, 6.45) is 7.37. The predicted molar refractivity (Wildman–Crippen MR) is 70.1 cm³/mol. The van der Waals surface area contributed by atoms with Crippen molar-refractivity contribution in [1.82, 2.24) is 10.3 Å². The molecule has 0 saturated heterocycles. The summed E-state index contributed by atoms with van der Waals surface area (Å²) >= 11 is 0. The number of hydrogen-bond acceptors (Lipinski definition) is 4. The largest absolute Gasteiger partial charge is 0.308 e. The fraction of sp³-hybridized carbons (Fsp3) is 0.462. The molecule has 0 fully saturated rings. The number of aryl methyl sites for hydroxylation is 1. The van der Waals surface area contributed by atoms with Crippen LogP contribution in [0.1, 0.15) is 30.2 Å². The SMILES string of the molecule is C#CCC(C)NCc1ncc(C)c([N+](=O)[O-])c1C. The summed E-state index contributed by atoms with van der Waals surface area (Å²) in [4.78, 5) is 14.8. The van der Waals surface area contributed by atoms with E-state index in [0.717, 1.165) is 0 Å². The molecule has 18 heavy (non-hydrogen) atoms. The number of terminal acetylenes is 1. The lowest BCUT2D eigenvalue weighted by Gasteiger charge is -2.12. The van der Waals surface area contributed by atoms with E-state index in [9.17, 15) is 10.1 Å². The maximum Gasteiger partial charge on any atom is 0.278 e. The molecule has 0 aliphatic carbocycles. The zero-order valence-corrected chi connectivity index (χ0v) is 10.9. The Balaban J connectivity index is 2.89. The Kier molecular flexibility index (Phi) is 4.81. The van der Waals surface area contributed by atoms with Gasteiger partial charge >= 0.3 is 0 Å². The highest BCUT2D eigenvalue weighted by molar-refractivity contribution is 5.47. The lowest BCUT2D eigenvalue weighted by atomic mass is 10.1. The van der Waals surface area contributed by atoms with Crippen molar-refractivity contribution < 1.29 is 4.92 Å². The van der Waals surface area contributed by atoms with Gasteiger partial charge in [-0.2, -0.15) is 0 Å². The number of nitrogens with zero attached hydrogens (tertiary/aromatic N) is 2. The molecule has 1 heterocycles. The van der Waals surface area contributed by atoms with Crippen LogP contribution in [0.3, 0.4) is 0 Å². The predicted octanol–water partition coefficient (Wildman–Crippen LogP) is 2.11. The van der Waals surface area contributed by atoms with Gasteiger partial charge in [0.25, 0.3) is 5.69 Å². The summed E-state index contributed by atoms with van der Waals surface area (Å²) < 4.78 is 0. The second kappa shape index (κ2) is 6.12. The summed E-state index contributed by atoms with van der Waals surface area (Å²) in [7, 11) is 0. The third kappa shape index (κ3) is 3.28. The minimum absolute atomic E-state index is 0.145. The standard InChI is InChI=1S/C13H17N3O2/c1-5-6-10(3)14-8-12-11(4)13(16(17)18)9(2)7-15-12/h1,7,10,14H,6,8H2,2-4H3. The molecule has 0 aliphatic heterocycles. The van der Waals surface area contributed by atoms with Crippen molar-refractivity contribution in [3.05, 3.63) is 33.1 Å². The van der Waals surface area contributed by atoms with Gasteiger partial charge in [-0.25, -0.2) is 0 Å². The molecule has 0 amide bonds. The molecule has 1 aromatic rings. The average molecular weight is 247 g/mol. The number of hydrogen-bond donors (Lipinski definition) is 1. The first-order valence-electron chi connectivity index (χ1n) is 5.73. The Hall–Kier alpha value is -1.93. The monoisotopic (exact) mass is 247 g/mol. The van der Waals surface area contributed by atoms with Gasteiger partial charge in [-0.05, 0) is 20.8 Å². The van der Waals surface area contributed by atoms with Crippen LogP contribution in [0.5, 0.6) is 0 Å². The first-order valence-corrected chi connectivity index (χ1v) is 5.73. The molecule has 0 spiro atoms. The summed E-state index contributed by atoms with van der Waals surface area (Å²) in [5.41, 5.74) is 2.03. The van der Waals surface area contributed by atoms with Crippen LogP contribution in [0, 0.1) is 36.3 Å². The Bertz CT molecular complexity index is 492. The van der Waals surface area contributed by atoms with E-state index in [2.05, 4.69) is 16.2 Å². The third-order valence-electron chi connectivity index (χ3n) is 2.80. The first-order chi connectivity index (χ1) is 8.47. The van der Waals surface area contributed by atoms with Crippen molar-refractivity contribution in [1.29, 1.82) is 0 Å². The number of pyridine rings is 1. The summed E-state index contributed by atoms with van der Waals surface area (Å²) in [6.45, 7) is 5.87. The second-order valence-corrected chi connectivity index (χ2v) is 4.31. The van der Waals surface area contributed by atoms with Gasteiger partial charge in [0, 0.05) is 36.3 Å². The molecule has 0 bridgehead atoms. The normalized spacial score (nSPS) is 11.9. The van der Waals surface area contributed by atoms with Gasteiger partial charge < -0.3 is 5.32 Å². The van der Waals surface area contributed by atoms with Crippen LogP contribution in [-0.2, 0) is 6.54 Å². The van der Waals surface area contributed by atoms with Gasteiger partial charge in [-0.15, -0.1) is 12.3 Å². The van der Waals surface area contributed by atoms with Crippen molar-refractivity contribution in [3.63, 3.8) is 0 Å². The van der Waals surface area contributed by atoms with Gasteiger partial charge in [0.1, 0.15) is 0 Å². The van der Waals surface area contributed by atoms with E-state index in [1.165, 1.54) is 6.20 Å². The van der Waals surface area contributed by atoms with Crippen LogP contribution in [0.25, 0.3) is 0 Å². The number of nitro groups is 1. The van der Waals surface area contributed by atoms with Crippen LogP contribution in [0.2, 0.25) is 0 Å². The molecule has 1 atom stereocenters. The highest BCUT2D eigenvalue weighted by Crippen LogP contribution is 2.23. The molecule has 0 aromatic carbocycles. The van der Waals surface area contributed by atoms with Crippen LogP contribution < -0.4 is 5.32 Å². The van der Waals surface area contributed by atoms with Crippen molar-refractivity contribution in [2.75, 3.05) is 0 Å². The van der Waals surface area contributed by atoms with Gasteiger partial charge in [0.2, 0.25) is 0 Å². The van der Waals surface area contributed by atoms with E-state index >= 15 is 0 Å². The quantitative estimate of drug-likeness (QED) is 0.491. The Morgan fingerprint density at radius 3 is 2.83 bits per heavy atom. The van der Waals surface area contributed by atoms with Gasteiger partial charge in [0.15, 0.2) is 0 Å². The minimum atomic E-state index is -0.360.